The fourth-order valence-electron chi connectivity index (χ4n) is 3.87. The van der Waals surface area contributed by atoms with Gasteiger partial charge in [-0.1, -0.05) is 0 Å². The van der Waals surface area contributed by atoms with Crippen molar-refractivity contribution in [3.05, 3.63) is 16.0 Å². The van der Waals surface area contributed by atoms with Crippen LogP contribution in [-0.4, -0.2) is 74.4 Å². The second kappa shape index (κ2) is 10.6. The SMILES string of the molecule is N#Cc1c(NC(=O)CCN2CCN(CCCOCC(F)(F)F)CC2)sc2c1CCC2. The van der Waals surface area contributed by atoms with Crippen molar-refractivity contribution in [1.82, 2.24) is 9.80 Å². The Balaban J connectivity index is 1.30. The van der Waals surface area contributed by atoms with Gasteiger partial charge in [0.1, 0.15) is 17.7 Å². The molecule has 6 nitrogen and oxygen atoms in total. The van der Waals surface area contributed by atoms with Crippen molar-refractivity contribution >= 4 is 22.2 Å². The number of alkyl halides is 3. The monoisotopic (exact) mass is 444 g/mol. The lowest BCUT2D eigenvalue weighted by Gasteiger charge is -2.34. The van der Waals surface area contributed by atoms with Crippen LogP contribution in [0.4, 0.5) is 18.2 Å². The molecule has 3 rings (SSSR count). The second-order valence-corrected chi connectivity index (χ2v) is 8.78. The van der Waals surface area contributed by atoms with E-state index in [1.807, 2.05) is 0 Å². The van der Waals surface area contributed by atoms with Crippen molar-refractivity contribution in [2.75, 3.05) is 57.8 Å². The van der Waals surface area contributed by atoms with Crippen LogP contribution in [-0.2, 0) is 22.4 Å². The summed E-state index contributed by atoms with van der Waals surface area (Å²) in [6, 6.07) is 2.24. The number of anilines is 1. The summed E-state index contributed by atoms with van der Waals surface area (Å²) in [4.78, 5) is 18.0. The largest absolute Gasteiger partial charge is 0.411 e. The third-order valence-electron chi connectivity index (χ3n) is 5.43. The van der Waals surface area contributed by atoms with E-state index in [4.69, 9.17) is 0 Å². The van der Waals surface area contributed by atoms with Crippen LogP contribution in [0.3, 0.4) is 0 Å². The van der Waals surface area contributed by atoms with Gasteiger partial charge >= 0.3 is 6.18 Å². The molecule has 1 aliphatic carbocycles. The number of hydrogen-bond acceptors (Lipinski definition) is 6. The summed E-state index contributed by atoms with van der Waals surface area (Å²) < 4.78 is 40.7. The molecule has 166 valence electrons. The summed E-state index contributed by atoms with van der Waals surface area (Å²) >= 11 is 1.53. The number of carbonyl (C=O) groups excluding carboxylic acids is 1. The normalized spacial score (nSPS) is 17.7. The Bertz CT molecular complexity index is 767. The molecule has 0 radical (unpaired) electrons. The zero-order chi connectivity index (χ0) is 21.6. The molecule has 1 aromatic heterocycles. The molecule has 1 aromatic rings. The number of nitriles is 1. The summed E-state index contributed by atoms with van der Waals surface area (Å²) in [5, 5.41) is 13.0. The van der Waals surface area contributed by atoms with Crippen molar-refractivity contribution in [1.29, 1.82) is 5.26 Å². The van der Waals surface area contributed by atoms with Crippen LogP contribution in [0.25, 0.3) is 0 Å². The van der Waals surface area contributed by atoms with E-state index in [0.717, 1.165) is 51.0 Å². The minimum absolute atomic E-state index is 0.0735. The molecule has 0 spiro atoms. The highest BCUT2D eigenvalue weighted by molar-refractivity contribution is 7.16. The Labute approximate surface area is 178 Å². The molecule has 1 saturated heterocycles. The number of piperazine rings is 1. The van der Waals surface area contributed by atoms with E-state index < -0.39 is 12.8 Å². The van der Waals surface area contributed by atoms with Crippen LogP contribution in [0.2, 0.25) is 0 Å². The standard InChI is InChI=1S/C20H27F3N4O2S/c21-20(22,23)14-29-12-2-6-26-8-10-27(11-9-26)7-5-18(28)25-19-16(13-24)15-3-1-4-17(15)30-19/h1-12,14H2,(H,25,28). The molecule has 1 amide bonds. The van der Waals surface area contributed by atoms with Crippen molar-refractivity contribution < 1.29 is 22.7 Å². The van der Waals surface area contributed by atoms with Crippen LogP contribution in [0.15, 0.2) is 0 Å². The van der Waals surface area contributed by atoms with Gasteiger partial charge in [-0.3, -0.25) is 4.79 Å². The molecule has 0 unspecified atom stereocenters. The first-order valence-electron chi connectivity index (χ1n) is 10.3. The van der Waals surface area contributed by atoms with Crippen LogP contribution in [0, 0.1) is 11.3 Å². The van der Waals surface area contributed by atoms with Gasteiger partial charge in [-0.2, -0.15) is 18.4 Å². The van der Waals surface area contributed by atoms with Gasteiger partial charge in [0.2, 0.25) is 5.91 Å². The number of ether oxygens (including phenoxy) is 1. The van der Waals surface area contributed by atoms with Crippen LogP contribution in [0.5, 0.6) is 0 Å². The van der Waals surface area contributed by atoms with E-state index in [9.17, 15) is 23.2 Å². The van der Waals surface area contributed by atoms with Crippen molar-refractivity contribution in [2.45, 2.75) is 38.3 Å². The van der Waals surface area contributed by atoms with Gasteiger partial charge in [-0.05, 0) is 31.2 Å². The number of thiophene rings is 1. The maximum Gasteiger partial charge on any atom is 0.411 e. The Morgan fingerprint density at radius 2 is 1.87 bits per heavy atom. The van der Waals surface area contributed by atoms with E-state index in [1.165, 1.54) is 16.2 Å². The average molecular weight is 445 g/mol. The molecular formula is C20H27F3N4O2S. The molecule has 2 heterocycles. The van der Waals surface area contributed by atoms with Crippen molar-refractivity contribution in [2.24, 2.45) is 0 Å². The lowest BCUT2D eigenvalue weighted by atomic mass is 10.1. The fourth-order valence-corrected chi connectivity index (χ4v) is 5.13. The molecule has 30 heavy (non-hydrogen) atoms. The highest BCUT2D eigenvalue weighted by Gasteiger charge is 2.27. The van der Waals surface area contributed by atoms with E-state index in [1.54, 1.807) is 0 Å². The molecule has 1 fully saturated rings. The number of rotatable bonds is 9. The predicted molar refractivity (Wildman–Crippen MR) is 109 cm³/mol. The number of carbonyl (C=O) groups is 1. The van der Waals surface area contributed by atoms with Gasteiger partial charge in [0, 0.05) is 57.2 Å². The highest BCUT2D eigenvalue weighted by Crippen LogP contribution is 2.38. The number of nitrogens with one attached hydrogen (secondary N) is 1. The summed E-state index contributed by atoms with van der Waals surface area (Å²) in [5.74, 6) is -0.0735. The summed E-state index contributed by atoms with van der Waals surface area (Å²) in [5.41, 5.74) is 1.74. The molecular weight excluding hydrogens is 417 g/mol. The van der Waals surface area contributed by atoms with Gasteiger partial charge in [-0.25, -0.2) is 0 Å². The van der Waals surface area contributed by atoms with E-state index in [2.05, 4.69) is 25.9 Å². The first-order chi connectivity index (χ1) is 14.4. The van der Waals surface area contributed by atoms with Crippen molar-refractivity contribution in [3.8, 4) is 6.07 Å². The summed E-state index contributed by atoms with van der Waals surface area (Å²) in [6.07, 6.45) is -0.329. The average Bonchev–Trinajstić information content (AvgIpc) is 3.27. The number of aryl methyl sites for hydroxylation is 1. The van der Waals surface area contributed by atoms with Gasteiger partial charge in [-0.15, -0.1) is 11.3 Å². The summed E-state index contributed by atoms with van der Waals surface area (Å²) in [6.45, 7) is 3.60. The zero-order valence-corrected chi connectivity index (χ0v) is 17.7. The topological polar surface area (TPSA) is 68.6 Å². The first kappa shape index (κ1) is 23.0. The van der Waals surface area contributed by atoms with E-state index in [0.29, 0.717) is 36.5 Å². The molecule has 2 aliphatic rings. The smallest absolute Gasteiger partial charge is 0.372 e. The molecule has 1 aliphatic heterocycles. The first-order valence-corrected chi connectivity index (χ1v) is 11.1. The number of hydrogen-bond donors (Lipinski definition) is 1. The van der Waals surface area contributed by atoms with Gasteiger partial charge in [0.05, 0.1) is 5.56 Å². The number of halogens is 3. The van der Waals surface area contributed by atoms with Crippen LogP contribution in [0.1, 0.15) is 35.3 Å². The molecule has 0 saturated carbocycles. The number of fused-ring (bicyclic) bond motifs is 1. The quantitative estimate of drug-likeness (QED) is 0.593. The fraction of sp³-hybridized carbons (Fsp3) is 0.700. The van der Waals surface area contributed by atoms with Crippen LogP contribution >= 0.6 is 11.3 Å². The van der Waals surface area contributed by atoms with E-state index in [-0.39, 0.29) is 12.5 Å². The minimum atomic E-state index is -4.27. The van der Waals surface area contributed by atoms with Gasteiger partial charge in [0.25, 0.3) is 0 Å². The Hall–Kier alpha value is -1.67. The third-order valence-corrected chi connectivity index (χ3v) is 6.64. The van der Waals surface area contributed by atoms with Gasteiger partial charge in [0.15, 0.2) is 0 Å². The molecule has 1 N–H and O–H groups in total. The van der Waals surface area contributed by atoms with E-state index >= 15 is 0 Å². The molecule has 0 atom stereocenters. The molecule has 0 bridgehead atoms. The van der Waals surface area contributed by atoms with Crippen molar-refractivity contribution in [3.63, 3.8) is 0 Å². The minimum Gasteiger partial charge on any atom is -0.372 e. The maximum absolute atomic E-state index is 12.3. The lowest BCUT2D eigenvalue weighted by molar-refractivity contribution is -0.174. The number of nitrogens with zero attached hydrogens (tertiary/aromatic N) is 3. The third kappa shape index (κ3) is 6.67. The number of amides is 1. The summed E-state index contributed by atoms with van der Waals surface area (Å²) in [7, 11) is 0. The Kier molecular flexibility index (Phi) is 8.11. The van der Waals surface area contributed by atoms with Crippen LogP contribution < -0.4 is 5.32 Å². The molecule has 10 heteroatoms. The Morgan fingerprint density at radius 3 is 2.53 bits per heavy atom. The maximum atomic E-state index is 12.3. The Morgan fingerprint density at radius 1 is 1.17 bits per heavy atom. The molecule has 0 aromatic carbocycles. The second-order valence-electron chi connectivity index (χ2n) is 7.68. The van der Waals surface area contributed by atoms with Gasteiger partial charge < -0.3 is 19.9 Å². The zero-order valence-electron chi connectivity index (χ0n) is 16.9. The highest BCUT2D eigenvalue weighted by atomic mass is 32.1. The lowest BCUT2D eigenvalue weighted by Crippen LogP contribution is -2.47. The predicted octanol–water partition coefficient (Wildman–Crippen LogP) is 3.02.